The molecular weight excluding hydrogens is 188 g/mol. The van der Waals surface area contributed by atoms with Crippen molar-refractivity contribution in [3.05, 3.63) is 34.9 Å². The first-order chi connectivity index (χ1) is 6.27. The second-order valence-electron chi connectivity index (χ2n) is 2.47. The summed E-state index contributed by atoms with van der Waals surface area (Å²) in [6.07, 6.45) is 3.40. The number of methoxy groups -OCH3 is 1. The van der Waals surface area contributed by atoms with Crippen LogP contribution in [0.1, 0.15) is 5.56 Å². The van der Waals surface area contributed by atoms with Gasteiger partial charge in [0.1, 0.15) is 5.75 Å². The van der Waals surface area contributed by atoms with Gasteiger partial charge in [-0.05, 0) is 18.2 Å². The monoisotopic (exact) mass is 198 g/mol. The van der Waals surface area contributed by atoms with E-state index in [9.17, 15) is 0 Å². The lowest BCUT2D eigenvalue weighted by molar-refractivity contribution is 0.343. The molecule has 0 atom stereocenters. The summed E-state index contributed by atoms with van der Waals surface area (Å²) in [5.74, 6) is 0.745. The van der Waals surface area contributed by atoms with Gasteiger partial charge in [0.25, 0.3) is 0 Å². The third-order valence-electron chi connectivity index (χ3n) is 1.59. The fourth-order valence-corrected chi connectivity index (χ4v) is 1.20. The van der Waals surface area contributed by atoms with Crippen molar-refractivity contribution in [3.8, 4) is 5.75 Å². The first-order valence-corrected chi connectivity index (χ1v) is 4.26. The van der Waals surface area contributed by atoms with Gasteiger partial charge in [-0.25, -0.2) is 0 Å². The molecule has 0 aliphatic heterocycles. The van der Waals surface area contributed by atoms with Crippen LogP contribution in [0.15, 0.2) is 24.3 Å². The lowest BCUT2D eigenvalue weighted by Crippen LogP contribution is -1.86. The summed E-state index contributed by atoms with van der Waals surface area (Å²) in [5, 5.41) is 9.25. The van der Waals surface area contributed by atoms with E-state index in [1.54, 1.807) is 37.5 Å². The second-order valence-corrected chi connectivity index (χ2v) is 2.91. The van der Waals surface area contributed by atoms with Gasteiger partial charge in [-0.15, -0.1) is 0 Å². The zero-order chi connectivity index (χ0) is 9.68. The van der Waals surface area contributed by atoms with Crippen LogP contribution in [0, 0.1) is 0 Å². The van der Waals surface area contributed by atoms with Crippen molar-refractivity contribution >= 4 is 17.7 Å². The smallest absolute Gasteiger partial charge is 0.126 e. The lowest BCUT2D eigenvalue weighted by Gasteiger charge is -2.04. The molecule has 0 saturated carbocycles. The predicted octanol–water partition coefficient (Wildman–Crippen LogP) is 2.35. The largest absolute Gasteiger partial charge is 0.496 e. The van der Waals surface area contributed by atoms with Gasteiger partial charge in [0.05, 0.1) is 13.7 Å². The average molecular weight is 199 g/mol. The third-order valence-corrected chi connectivity index (χ3v) is 1.83. The molecule has 0 unspecified atom stereocenters. The van der Waals surface area contributed by atoms with E-state index in [2.05, 4.69) is 0 Å². The molecule has 0 saturated heterocycles. The van der Waals surface area contributed by atoms with Gasteiger partial charge in [0.2, 0.25) is 0 Å². The van der Waals surface area contributed by atoms with Crippen LogP contribution in [-0.2, 0) is 0 Å². The Hall–Kier alpha value is -0.990. The molecule has 0 radical (unpaired) electrons. The number of hydrogen-bond acceptors (Lipinski definition) is 2. The van der Waals surface area contributed by atoms with Gasteiger partial charge < -0.3 is 9.84 Å². The minimum atomic E-state index is 0.00959. The van der Waals surface area contributed by atoms with Crippen molar-refractivity contribution in [1.29, 1.82) is 0 Å². The Kier molecular flexibility index (Phi) is 3.80. The number of aliphatic hydroxyl groups excluding tert-OH is 1. The number of hydrogen-bond donors (Lipinski definition) is 1. The van der Waals surface area contributed by atoms with Crippen molar-refractivity contribution in [2.75, 3.05) is 13.7 Å². The van der Waals surface area contributed by atoms with E-state index in [1.165, 1.54) is 0 Å². The van der Waals surface area contributed by atoms with Crippen LogP contribution in [0.3, 0.4) is 0 Å². The van der Waals surface area contributed by atoms with Crippen LogP contribution in [0.4, 0.5) is 0 Å². The number of halogens is 1. The minimum Gasteiger partial charge on any atom is -0.496 e. The van der Waals surface area contributed by atoms with Gasteiger partial charge >= 0.3 is 0 Å². The van der Waals surface area contributed by atoms with Gasteiger partial charge in [0.15, 0.2) is 0 Å². The summed E-state index contributed by atoms with van der Waals surface area (Å²) >= 11 is 5.80. The van der Waals surface area contributed by atoms with Gasteiger partial charge in [0, 0.05) is 10.6 Å². The number of aliphatic hydroxyl groups is 1. The average Bonchev–Trinajstić information content (AvgIpc) is 2.15. The predicted molar refractivity (Wildman–Crippen MR) is 54.1 cm³/mol. The Labute approximate surface area is 82.4 Å². The van der Waals surface area contributed by atoms with Crippen LogP contribution >= 0.6 is 11.6 Å². The molecule has 1 N–H and O–H groups in total. The van der Waals surface area contributed by atoms with E-state index in [0.29, 0.717) is 5.02 Å². The molecule has 13 heavy (non-hydrogen) atoms. The quantitative estimate of drug-likeness (QED) is 0.808. The molecule has 0 heterocycles. The standard InChI is InChI=1S/C10H11ClO2/c1-13-10-5-4-9(11)7-8(10)3-2-6-12/h2-5,7,12H,6H2,1H3/b3-2+. The van der Waals surface area contributed by atoms with Crippen molar-refractivity contribution in [1.82, 2.24) is 0 Å². The Balaban J connectivity index is 3.01. The molecule has 0 spiro atoms. The summed E-state index contributed by atoms with van der Waals surface area (Å²) in [6, 6.07) is 5.34. The fraction of sp³-hybridized carbons (Fsp3) is 0.200. The molecular formula is C10H11ClO2. The van der Waals surface area contributed by atoms with Gasteiger partial charge in [-0.3, -0.25) is 0 Å². The topological polar surface area (TPSA) is 29.5 Å². The maximum Gasteiger partial charge on any atom is 0.126 e. The molecule has 1 aromatic rings. The highest BCUT2D eigenvalue weighted by atomic mass is 35.5. The van der Waals surface area contributed by atoms with Gasteiger partial charge in [-0.2, -0.15) is 0 Å². The fourth-order valence-electron chi connectivity index (χ4n) is 1.02. The molecule has 0 aliphatic rings. The van der Waals surface area contributed by atoms with E-state index >= 15 is 0 Å². The summed E-state index contributed by atoms with van der Waals surface area (Å²) < 4.78 is 5.11. The van der Waals surface area contributed by atoms with E-state index in [1.807, 2.05) is 0 Å². The van der Waals surface area contributed by atoms with Crippen molar-refractivity contribution in [3.63, 3.8) is 0 Å². The highest BCUT2D eigenvalue weighted by Gasteiger charge is 1.99. The summed E-state index contributed by atoms with van der Waals surface area (Å²) in [5.41, 5.74) is 0.865. The van der Waals surface area contributed by atoms with Crippen molar-refractivity contribution in [2.24, 2.45) is 0 Å². The van der Waals surface area contributed by atoms with Gasteiger partial charge in [-0.1, -0.05) is 23.8 Å². The molecule has 1 rings (SSSR count). The molecule has 0 fully saturated rings. The van der Waals surface area contributed by atoms with Crippen LogP contribution in [0.25, 0.3) is 6.08 Å². The van der Waals surface area contributed by atoms with Crippen LogP contribution in [-0.4, -0.2) is 18.8 Å². The minimum absolute atomic E-state index is 0.00959. The first kappa shape index (κ1) is 10.1. The highest BCUT2D eigenvalue weighted by molar-refractivity contribution is 6.30. The highest BCUT2D eigenvalue weighted by Crippen LogP contribution is 2.23. The number of benzene rings is 1. The Morgan fingerprint density at radius 3 is 2.92 bits per heavy atom. The Morgan fingerprint density at radius 1 is 1.54 bits per heavy atom. The summed E-state index contributed by atoms with van der Waals surface area (Å²) in [7, 11) is 1.60. The molecule has 0 aliphatic carbocycles. The molecule has 0 amide bonds. The molecule has 70 valence electrons. The van der Waals surface area contributed by atoms with Crippen LogP contribution < -0.4 is 4.74 Å². The normalized spacial score (nSPS) is 10.7. The Morgan fingerprint density at radius 2 is 2.31 bits per heavy atom. The van der Waals surface area contributed by atoms with Crippen LogP contribution in [0.2, 0.25) is 5.02 Å². The molecule has 0 aromatic heterocycles. The van der Waals surface area contributed by atoms with Crippen molar-refractivity contribution in [2.45, 2.75) is 0 Å². The van der Waals surface area contributed by atoms with E-state index in [0.717, 1.165) is 11.3 Å². The SMILES string of the molecule is COc1ccc(Cl)cc1/C=C/CO. The zero-order valence-electron chi connectivity index (χ0n) is 7.33. The number of rotatable bonds is 3. The molecule has 0 bridgehead atoms. The van der Waals surface area contributed by atoms with E-state index in [-0.39, 0.29) is 6.61 Å². The molecule has 1 aromatic carbocycles. The second kappa shape index (κ2) is 4.90. The van der Waals surface area contributed by atoms with Crippen LogP contribution in [0.5, 0.6) is 5.75 Å². The summed E-state index contributed by atoms with van der Waals surface area (Å²) in [4.78, 5) is 0. The summed E-state index contributed by atoms with van der Waals surface area (Å²) in [6.45, 7) is 0.00959. The molecule has 3 heteroatoms. The van der Waals surface area contributed by atoms with E-state index in [4.69, 9.17) is 21.4 Å². The zero-order valence-corrected chi connectivity index (χ0v) is 8.08. The van der Waals surface area contributed by atoms with Crippen molar-refractivity contribution < 1.29 is 9.84 Å². The lowest BCUT2D eigenvalue weighted by atomic mass is 10.2. The number of ether oxygens (including phenoxy) is 1. The maximum atomic E-state index is 8.60. The molecule has 2 nitrogen and oxygen atoms in total. The first-order valence-electron chi connectivity index (χ1n) is 3.89. The van der Waals surface area contributed by atoms with E-state index < -0.39 is 0 Å². The Bertz CT molecular complexity index is 308. The third kappa shape index (κ3) is 2.76. The maximum absolute atomic E-state index is 8.60.